The Bertz CT molecular complexity index is 1000. The number of anilines is 1. The summed E-state index contributed by atoms with van der Waals surface area (Å²) in [5.41, 5.74) is 3.72. The van der Waals surface area contributed by atoms with Crippen LogP contribution < -0.4 is 10.2 Å². The lowest BCUT2D eigenvalue weighted by Crippen LogP contribution is -2.59. The zero-order chi connectivity index (χ0) is 23.3. The van der Waals surface area contributed by atoms with Gasteiger partial charge in [0.1, 0.15) is 10.7 Å². The van der Waals surface area contributed by atoms with Crippen molar-refractivity contribution in [3.05, 3.63) is 30.0 Å². The topological polar surface area (TPSA) is 66.1 Å². The highest BCUT2D eigenvalue weighted by Crippen LogP contribution is 2.39. The third-order valence-electron chi connectivity index (χ3n) is 6.77. The Morgan fingerprint density at radius 1 is 1.15 bits per heavy atom. The van der Waals surface area contributed by atoms with Crippen molar-refractivity contribution in [1.29, 1.82) is 0 Å². The van der Waals surface area contributed by atoms with Crippen LogP contribution in [0.3, 0.4) is 0 Å². The highest BCUT2D eigenvalue weighted by molar-refractivity contribution is 7.13. The van der Waals surface area contributed by atoms with Gasteiger partial charge in [-0.15, -0.1) is 11.3 Å². The van der Waals surface area contributed by atoms with Crippen molar-refractivity contribution in [2.45, 2.75) is 63.3 Å². The van der Waals surface area contributed by atoms with Crippen molar-refractivity contribution in [3.8, 4) is 10.6 Å². The van der Waals surface area contributed by atoms with E-state index in [0.717, 1.165) is 36.9 Å². The first-order valence-corrected chi connectivity index (χ1v) is 16.8. The smallest absolute Gasteiger partial charge is 0.140 e. The molecule has 2 aliphatic rings. The van der Waals surface area contributed by atoms with Crippen LogP contribution in [0.25, 0.3) is 21.6 Å². The van der Waals surface area contributed by atoms with Crippen LogP contribution in [0, 0.1) is 0 Å². The molecule has 0 unspecified atom stereocenters. The summed E-state index contributed by atoms with van der Waals surface area (Å²) in [6.45, 7) is 11.4. The minimum absolute atomic E-state index is 0.295. The average molecular weight is 486 g/mol. The van der Waals surface area contributed by atoms with Gasteiger partial charge in [0.2, 0.25) is 0 Å². The Kier molecular flexibility index (Phi) is 7.89. The number of nitrogens with zero attached hydrogens (tertiary/aromatic N) is 3. The Hall–Kier alpha value is -1.74. The summed E-state index contributed by atoms with van der Waals surface area (Å²) in [6, 6.07) is 3.46. The van der Waals surface area contributed by atoms with Gasteiger partial charge in [-0.3, -0.25) is 0 Å². The third kappa shape index (κ3) is 6.04. The number of rotatable bonds is 5. The maximum absolute atomic E-state index is 4.95. The molecule has 5 rings (SSSR count). The Labute approximate surface area is 203 Å². The van der Waals surface area contributed by atoms with Gasteiger partial charge in [-0.05, 0) is 44.3 Å². The molecule has 3 aromatic heterocycles. The van der Waals surface area contributed by atoms with Crippen LogP contribution in [0.15, 0.2) is 30.0 Å². The van der Waals surface area contributed by atoms with E-state index in [1.54, 1.807) is 18.4 Å². The summed E-state index contributed by atoms with van der Waals surface area (Å²) in [4.78, 5) is 15.0. The number of fused-ring (bicyclic) bond motifs is 1. The summed E-state index contributed by atoms with van der Waals surface area (Å²) in [7, 11) is 0.961. The minimum atomic E-state index is -0.803. The van der Waals surface area contributed by atoms with Crippen LogP contribution in [0.5, 0.6) is 0 Å². The molecule has 2 saturated heterocycles. The molecule has 6 nitrogen and oxygen atoms in total. The molecule has 2 aliphatic heterocycles. The molecule has 2 fully saturated rings. The van der Waals surface area contributed by atoms with Crippen molar-refractivity contribution >= 4 is 36.1 Å². The number of nitrogens with one attached hydrogen (secondary N) is 2. The highest BCUT2D eigenvalue weighted by Gasteiger charge is 2.37. The molecule has 0 bridgehead atoms. The number of hydrogen-bond acceptors (Lipinski definition) is 6. The summed E-state index contributed by atoms with van der Waals surface area (Å²) in [6.07, 6.45) is 12.3. The fraction of sp³-hybridized carbons (Fsp3) is 0.600. The lowest BCUT2D eigenvalue weighted by Gasteiger charge is -2.47. The standard InChI is InChI=1S/C19H23N5S.C6H16OSi/c1-2-7-23-19(5-1)6-3-10-24(13-19)15-4-8-20-17-16(15)14(12-22-17)18-21-9-11-25-18;1-7-5-6-8(2,3)4/h4,8-9,11-12,23H,1-3,5-7,10,13H2,(H,20,22);5-6H2,1-4H3/t19-;/m1./s1. The molecule has 33 heavy (non-hydrogen) atoms. The number of piperidine rings is 2. The number of aromatic amines is 1. The zero-order valence-corrected chi connectivity index (χ0v) is 22.4. The van der Waals surface area contributed by atoms with E-state index in [-0.39, 0.29) is 0 Å². The first kappa shape index (κ1) is 24.4. The van der Waals surface area contributed by atoms with Crippen LogP contribution in [0.2, 0.25) is 25.7 Å². The SMILES string of the molecule is COCC[Si](C)(C)C.c1csc(-c2c[nH]c3nccc(N4CCC[C@]5(CCCCN5)C4)c23)n1. The number of methoxy groups -OCH3 is 1. The fourth-order valence-electron chi connectivity index (χ4n) is 4.95. The average Bonchev–Trinajstić information content (AvgIpc) is 3.48. The van der Waals surface area contributed by atoms with Crippen LogP contribution in [-0.4, -0.2) is 61.9 Å². The normalized spacial score (nSPS) is 21.3. The van der Waals surface area contributed by atoms with E-state index in [4.69, 9.17) is 4.74 Å². The predicted octanol–water partition coefficient (Wildman–Crippen LogP) is 5.77. The second-order valence-corrected chi connectivity index (χ2v) is 17.1. The second kappa shape index (κ2) is 10.7. The maximum atomic E-state index is 4.95. The Balaban J connectivity index is 0.000000281. The molecule has 3 aromatic rings. The van der Waals surface area contributed by atoms with Crippen molar-refractivity contribution < 1.29 is 4.74 Å². The second-order valence-electron chi connectivity index (χ2n) is 10.6. The monoisotopic (exact) mass is 485 g/mol. The summed E-state index contributed by atoms with van der Waals surface area (Å²) >= 11 is 1.68. The molecule has 0 radical (unpaired) electrons. The van der Waals surface area contributed by atoms with E-state index in [1.165, 1.54) is 54.8 Å². The number of hydrogen-bond donors (Lipinski definition) is 2. The van der Waals surface area contributed by atoms with Gasteiger partial charge in [0, 0.05) is 70.0 Å². The van der Waals surface area contributed by atoms with Crippen LogP contribution >= 0.6 is 11.3 Å². The molecule has 1 atom stereocenters. The van der Waals surface area contributed by atoms with Gasteiger partial charge in [0.05, 0.1) is 11.1 Å². The molecule has 180 valence electrons. The molecule has 0 amide bonds. The van der Waals surface area contributed by atoms with Gasteiger partial charge >= 0.3 is 0 Å². The van der Waals surface area contributed by atoms with Crippen molar-refractivity contribution in [2.24, 2.45) is 0 Å². The van der Waals surface area contributed by atoms with E-state index in [9.17, 15) is 0 Å². The predicted molar refractivity (Wildman–Crippen MR) is 143 cm³/mol. The van der Waals surface area contributed by atoms with E-state index >= 15 is 0 Å². The largest absolute Gasteiger partial charge is 0.385 e. The number of ether oxygens (including phenoxy) is 1. The van der Waals surface area contributed by atoms with Gasteiger partial charge in [-0.2, -0.15) is 0 Å². The van der Waals surface area contributed by atoms with Crippen LogP contribution in [0.1, 0.15) is 32.1 Å². The minimum Gasteiger partial charge on any atom is -0.385 e. The summed E-state index contributed by atoms with van der Waals surface area (Å²) in [5, 5.41) is 8.15. The van der Waals surface area contributed by atoms with Crippen molar-refractivity contribution in [3.63, 3.8) is 0 Å². The quantitative estimate of drug-likeness (QED) is 0.449. The number of H-pyrrole nitrogens is 1. The molecule has 0 aromatic carbocycles. The van der Waals surface area contributed by atoms with Crippen molar-refractivity contribution in [2.75, 3.05) is 38.3 Å². The van der Waals surface area contributed by atoms with E-state index in [0.29, 0.717) is 5.54 Å². The molecule has 1 spiro atoms. The van der Waals surface area contributed by atoms with Crippen LogP contribution in [-0.2, 0) is 4.74 Å². The number of aromatic nitrogens is 3. The first-order chi connectivity index (χ1) is 15.9. The summed E-state index contributed by atoms with van der Waals surface area (Å²) < 4.78 is 4.95. The summed E-state index contributed by atoms with van der Waals surface area (Å²) in [5.74, 6) is 0. The molecular weight excluding hydrogens is 446 g/mol. The third-order valence-corrected chi connectivity index (χ3v) is 9.28. The first-order valence-electron chi connectivity index (χ1n) is 12.3. The number of pyridine rings is 1. The fourth-order valence-corrected chi connectivity index (χ4v) is 6.43. The molecule has 0 saturated carbocycles. The number of thiazole rings is 1. The molecule has 5 heterocycles. The lowest BCUT2D eigenvalue weighted by molar-refractivity contribution is 0.214. The van der Waals surface area contributed by atoms with E-state index in [2.05, 4.69) is 57.1 Å². The van der Waals surface area contributed by atoms with Gasteiger partial charge < -0.3 is 19.9 Å². The van der Waals surface area contributed by atoms with Gasteiger partial charge in [-0.1, -0.05) is 26.1 Å². The highest BCUT2D eigenvalue weighted by atomic mass is 32.1. The Morgan fingerprint density at radius 2 is 2.00 bits per heavy atom. The van der Waals surface area contributed by atoms with Gasteiger partial charge in [0.15, 0.2) is 0 Å². The zero-order valence-electron chi connectivity index (χ0n) is 20.6. The molecule has 2 N–H and O–H groups in total. The molecule has 8 heteroatoms. The van der Waals surface area contributed by atoms with E-state index < -0.39 is 8.07 Å². The lowest BCUT2D eigenvalue weighted by atomic mass is 9.81. The van der Waals surface area contributed by atoms with Crippen LogP contribution in [0.4, 0.5) is 5.69 Å². The Morgan fingerprint density at radius 3 is 2.67 bits per heavy atom. The van der Waals surface area contributed by atoms with Gasteiger partial charge in [-0.25, -0.2) is 9.97 Å². The van der Waals surface area contributed by atoms with Gasteiger partial charge in [0.25, 0.3) is 0 Å². The maximum Gasteiger partial charge on any atom is 0.140 e. The molecule has 0 aliphatic carbocycles. The van der Waals surface area contributed by atoms with E-state index in [1.807, 2.05) is 17.8 Å². The molecular formula is C25H39N5OSSi. The van der Waals surface area contributed by atoms with Crippen molar-refractivity contribution in [1.82, 2.24) is 20.3 Å².